The van der Waals surface area contributed by atoms with E-state index in [-0.39, 0.29) is 5.28 Å². The first-order chi connectivity index (χ1) is 9.72. The highest BCUT2D eigenvalue weighted by atomic mass is 35.5. The fourth-order valence-electron chi connectivity index (χ4n) is 3.54. The first-order valence-electron chi connectivity index (χ1n) is 7.06. The van der Waals surface area contributed by atoms with Gasteiger partial charge < -0.3 is 4.90 Å². The topological polar surface area (TPSA) is 60.9 Å². The Morgan fingerprint density at radius 2 is 2.10 bits per heavy atom. The molecular formula is C13H17ClN6. The molecule has 1 N–H and O–H groups in total. The van der Waals surface area contributed by atoms with Crippen LogP contribution >= 0.6 is 11.6 Å². The molecule has 2 unspecified atom stereocenters. The zero-order valence-electron chi connectivity index (χ0n) is 11.4. The Bertz CT molecular complexity index is 641. The summed E-state index contributed by atoms with van der Waals surface area (Å²) >= 11 is 6.04. The molecule has 20 heavy (non-hydrogen) atoms. The van der Waals surface area contributed by atoms with Crippen molar-refractivity contribution in [2.45, 2.75) is 31.3 Å². The van der Waals surface area contributed by atoms with Crippen LogP contribution < -0.4 is 4.90 Å². The van der Waals surface area contributed by atoms with Crippen molar-refractivity contribution in [1.82, 2.24) is 25.1 Å². The van der Waals surface area contributed by atoms with Crippen molar-refractivity contribution < 1.29 is 0 Å². The quantitative estimate of drug-likeness (QED) is 0.810. The average Bonchev–Trinajstić information content (AvgIpc) is 2.94. The molecule has 2 aliphatic heterocycles. The minimum absolute atomic E-state index is 0.277. The Morgan fingerprint density at radius 3 is 3.00 bits per heavy atom. The lowest BCUT2D eigenvalue weighted by Gasteiger charge is -2.26. The van der Waals surface area contributed by atoms with Crippen molar-refractivity contribution in [2.24, 2.45) is 0 Å². The average molecular weight is 293 g/mol. The van der Waals surface area contributed by atoms with E-state index >= 15 is 0 Å². The Labute approximate surface area is 122 Å². The van der Waals surface area contributed by atoms with Gasteiger partial charge in [-0.25, -0.2) is 0 Å². The fraction of sp³-hybridized carbons (Fsp3) is 0.615. The van der Waals surface area contributed by atoms with Gasteiger partial charge in [0.2, 0.25) is 5.28 Å². The first-order valence-corrected chi connectivity index (χ1v) is 7.43. The highest BCUT2D eigenvalue weighted by Crippen LogP contribution is 2.32. The number of aromatic nitrogens is 4. The zero-order valence-corrected chi connectivity index (χ0v) is 12.1. The SMILES string of the molecule is CN1C2CCC1CN(c1nc(Cl)nc3[nH]ncc13)CC2. The van der Waals surface area contributed by atoms with Crippen LogP contribution in [-0.2, 0) is 0 Å². The molecule has 2 aromatic rings. The predicted molar refractivity (Wildman–Crippen MR) is 78.1 cm³/mol. The van der Waals surface area contributed by atoms with E-state index in [1.54, 1.807) is 6.20 Å². The Hall–Kier alpha value is -1.40. The summed E-state index contributed by atoms with van der Waals surface area (Å²) in [5.41, 5.74) is 0.711. The number of likely N-dealkylation sites (N-methyl/N-ethyl adjacent to an activating group) is 1. The summed E-state index contributed by atoms with van der Waals surface area (Å²) in [5.74, 6) is 0.912. The van der Waals surface area contributed by atoms with Gasteiger partial charge in [0.1, 0.15) is 5.82 Å². The molecule has 7 heteroatoms. The summed E-state index contributed by atoms with van der Waals surface area (Å²) in [6.07, 6.45) is 5.55. The number of aromatic amines is 1. The third kappa shape index (κ3) is 1.86. The van der Waals surface area contributed by atoms with Gasteiger partial charge in [0, 0.05) is 25.2 Å². The predicted octanol–water partition coefficient (Wildman–Crippen LogP) is 1.68. The van der Waals surface area contributed by atoms with Gasteiger partial charge >= 0.3 is 0 Å². The summed E-state index contributed by atoms with van der Waals surface area (Å²) in [5, 5.41) is 8.17. The maximum absolute atomic E-state index is 6.04. The summed E-state index contributed by atoms with van der Waals surface area (Å²) in [6, 6.07) is 1.32. The van der Waals surface area contributed by atoms with Gasteiger partial charge in [-0.15, -0.1) is 0 Å². The minimum atomic E-state index is 0.277. The lowest BCUT2D eigenvalue weighted by Crippen LogP contribution is -2.37. The molecule has 0 amide bonds. The molecule has 4 rings (SSSR count). The number of anilines is 1. The maximum Gasteiger partial charge on any atom is 0.226 e. The molecule has 2 aromatic heterocycles. The molecule has 2 atom stereocenters. The van der Waals surface area contributed by atoms with Crippen LogP contribution in [0.1, 0.15) is 19.3 Å². The molecule has 106 valence electrons. The van der Waals surface area contributed by atoms with Crippen LogP contribution in [0.3, 0.4) is 0 Å². The molecular weight excluding hydrogens is 276 g/mol. The van der Waals surface area contributed by atoms with Gasteiger partial charge in [0.15, 0.2) is 5.65 Å². The second-order valence-electron chi connectivity index (χ2n) is 5.73. The number of fused-ring (bicyclic) bond motifs is 3. The second kappa shape index (κ2) is 4.56. The van der Waals surface area contributed by atoms with E-state index in [1.165, 1.54) is 19.3 Å². The number of hydrogen-bond acceptors (Lipinski definition) is 5. The van der Waals surface area contributed by atoms with E-state index in [9.17, 15) is 0 Å². The molecule has 0 aliphatic carbocycles. The molecule has 2 aliphatic rings. The van der Waals surface area contributed by atoms with Crippen LogP contribution in [0.15, 0.2) is 6.20 Å². The standard InChI is InChI=1S/C13H17ClN6/c1-19-8-2-3-9(19)7-20(5-4-8)12-10-6-15-18-11(10)16-13(14)17-12/h6,8-9H,2-5,7H2,1H3,(H,15,16,17,18). The summed E-state index contributed by atoms with van der Waals surface area (Å²) in [7, 11) is 2.24. The summed E-state index contributed by atoms with van der Waals surface area (Å²) < 4.78 is 0. The van der Waals surface area contributed by atoms with Crippen LogP contribution in [0, 0.1) is 0 Å². The van der Waals surface area contributed by atoms with Gasteiger partial charge in [-0.05, 0) is 37.9 Å². The fourth-order valence-corrected chi connectivity index (χ4v) is 3.70. The lowest BCUT2D eigenvalue weighted by atomic mass is 10.1. The second-order valence-corrected chi connectivity index (χ2v) is 6.07. The van der Waals surface area contributed by atoms with Crippen molar-refractivity contribution in [1.29, 1.82) is 0 Å². The van der Waals surface area contributed by atoms with Crippen LogP contribution in [0.2, 0.25) is 5.28 Å². The third-order valence-corrected chi connectivity index (χ3v) is 4.88. The van der Waals surface area contributed by atoms with Crippen molar-refractivity contribution in [3.63, 3.8) is 0 Å². The number of nitrogens with zero attached hydrogens (tertiary/aromatic N) is 5. The highest BCUT2D eigenvalue weighted by Gasteiger charge is 2.35. The summed E-state index contributed by atoms with van der Waals surface area (Å²) in [4.78, 5) is 13.5. The van der Waals surface area contributed by atoms with E-state index in [0.717, 1.165) is 24.3 Å². The zero-order chi connectivity index (χ0) is 13.7. The lowest BCUT2D eigenvalue weighted by molar-refractivity contribution is 0.254. The van der Waals surface area contributed by atoms with Crippen LogP contribution in [-0.4, -0.2) is 57.3 Å². The molecule has 0 radical (unpaired) electrons. The highest BCUT2D eigenvalue weighted by molar-refractivity contribution is 6.28. The Kier molecular flexibility index (Phi) is 2.82. The Morgan fingerprint density at radius 1 is 1.25 bits per heavy atom. The van der Waals surface area contributed by atoms with Crippen molar-refractivity contribution in [3.8, 4) is 0 Å². The monoisotopic (exact) mass is 292 g/mol. The maximum atomic E-state index is 6.04. The van der Waals surface area contributed by atoms with Gasteiger partial charge in [-0.2, -0.15) is 15.1 Å². The number of hydrogen-bond donors (Lipinski definition) is 1. The van der Waals surface area contributed by atoms with E-state index < -0.39 is 0 Å². The van der Waals surface area contributed by atoms with E-state index in [2.05, 4.69) is 37.0 Å². The number of nitrogens with one attached hydrogen (secondary N) is 1. The number of rotatable bonds is 1. The molecule has 6 nitrogen and oxygen atoms in total. The molecule has 4 heterocycles. The Balaban J connectivity index is 1.74. The molecule has 2 bridgehead atoms. The third-order valence-electron chi connectivity index (χ3n) is 4.71. The number of H-pyrrole nitrogens is 1. The van der Waals surface area contributed by atoms with E-state index in [0.29, 0.717) is 17.7 Å². The number of halogens is 1. The first kappa shape index (κ1) is 12.3. The van der Waals surface area contributed by atoms with Gasteiger partial charge in [0.25, 0.3) is 0 Å². The minimum Gasteiger partial charge on any atom is -0.354 e. The van der Waals surface area contributed by atoms with Crippen LogP contribution in [0.4, 0.5) is 5.82 Å². The van der Waals surface area contributed by atoms with Crippen LogP contribution in [0.25, 0.3) is 11.0 Å². The largest absolute Gasteiger partial charge is 0.354 e. The normalized spacial score (nSPS) is 27.2. The van der Waals surface area contributed by atoms with Gasteiger partial charge in [-0.3, -0.25) is 10.00 Å². The van der Waals surface area contributed by atoms with Crippen molar-refractivity contribution >= 4 is 28.5 Å². The van der Waals surface area contributed by atoms with Crippen molar-refractivity contribution in [3.05, 3.63) is 11.5 Å². The van der Waals surface area contributed by atoms with Crippen LogP contribution in [0.5, 0.6) is 0 Å². The van der Waals surface area contributed by atoms with E-state index in [4.69, 9.17) is 11.6 Å². The van der Waals surface area contributed by atoms with Gasteiger partial charge in [-0.1, -0.05) is 0 Å². The molecule has 2 fully saturated rings. The molecule has 0 saturated carbocycles. The van der Waals surface area contributed by atoms with Gasteiger partial charge in [0.05, 0.1) is 11.6 Å². The molecule has 0 aromatic carbocycles. The smallest absolute Gasteiger partial charge is 0.226 e. The molecule has 0 spiro atoms. The summed E-state index contributed by atoms with van der Waals surface area (Å²) in [6.45, 7) is 2.01. The van der Waals surface area contributed by atoms with E-state index in [1.807, 2.05) is 0 Å². The molecule has 2 saturated heterocycles. The van der Waals surface area contributed by atoms with Crippen molar-refractivity contribution in [2.75, 3.05) is 25.0 Å².